The normalized spacial score (nSPS) is 17.9. The van der Waals surface area contributed by atoms with Gasteiger partial charge in [-0.15, -0.1) is 5.10 Å². The summed E-state index contributed by atoms with van der Waals surface area (Å²) in [6.45, 7) is 0. The molecule has 1 aliphatic heterocycles. The molecule has 2 aromatic carbocycles. The Kier molecular flexibility index (Phi) is 4.36. The number of nitrogens with zero attached hydrogens (tertiary/aromatic N) is 4. The maximum absolute atomic E-state index is 12.9. The number of non-ortho nitro benzene ring substituents is 1. The van der Waals surface area contributed by atoms with E-state index in [1.54, 1.807) is 22.9 Å². The lowest BCUT2D eigenvalue weighted by Gasteiger charge is -2.32. The fraction of sp³-hybridized carbons (Fsp3) is 0.190. The van der Waals surface area contributed by atoms with Crippen molar-refractivity contribution in [2.24, 2.45) is 0 Å². The van der Waals surface area contributed by atoms with Crippen molar-refractivity contribution in [1.29, 1.82) is 0 Å². The van der Waals surface area contributed by atoms with Gasteiger partial charge in [0.1, 0.15) is 6.04 Å². The number of hydrogen-bond acceptors (Lipinski definition) is 6. The number of rotatable bonds is 3. The minimum Gasteiger partial charge on any atom is -0.328 e. The molecule has 3 aromatic rings. The second-order valence-corrected chi connectivity index (χ2v) is 7.64. The first-order valence-electron chi connectivity index (χ1n) is 9.52. The molecule has 0 unspecified atom stereocenters. The summed E-state index contributed by atoms with van der Waals surface area (Å²) in [7, 11) is 0. The number of ketones is 1. The fourth-order valence-corrected chi connectivity index (χ4v) is 4.25. The van der Waals surface area contributed by atoms with Crippen LogP contribution in [-0.2, 0) is 4.79 Å². The fourth-order valence-electron chi connectivity index (χ4n) is 4.03. The highest BCUT2D eigenvalue weighted by Gasteiger charge is 2.37. The number of anilines is 1. The van der Waals surface area contributed by atoms with Crippen molar-refractivity contribution < 1.29 is 9.72 Å². The Balaban J connectivity index is 1.70. The minimum atomic E-state index is -0.590. The standard InChI is InChI=1S/C21H16ClN5O3/c22-15-8-2-1-7-14(15)20-24-21-23-16-9-4-10-17(28)18(16)19(26(21)25-20)12-5-3-6-13(11-12)27(29)30/h1-3,5-8,11,19H,4,9-10H2,(H,23,24,25)/t19-/m0/s1. The Labute approximate surface area is 176 Å². The SMILES string of the molecule is O=C1CCCC2=C1[C@H](c1cccc([N+](=O)[O-])c1)n1nc(-c3ccccc3Cl)nc1N2. The summed E-state index contributed by atoms with van der Waals surface area (Å²) >= 11 is 6.33. The van der Waals surface area contributed by atoms with Crippen LogP contribution < -0.4 is 5.32 Å². The van der Waals surface area contributed by atoms with E-state index in [0.29, 0.717) is 46.3 Å². The number of carbonyl (C=O) groups is 1. The lowest BCUT2D eigenvalue weighted by atomic mass is 9.85. The molecule has 2 heterocycles. The molecule has 0 saturated carbocycles. The highest BCUT2D eigenvalue weighted by atomic mass is 35.5. The van der Waals surface area contributed by atoms with Gasteiger partial charge in [-0.1, -0.05) is 35.9 Å². The van der Waals surface area contributed by atoms with Crippen LogP contribution in [0.4, 0.5) is 11.6 Å². The average molecular weight is 422 g/mol. The number of aromatic nitrogens is 3. The molecule has 0 bridgehead atoms. The van der Waals surface area contributed by atoms with Gasteiger partial charge in [0.2, 0.25) is 5.95 Å². The zero-order chi connectivity index (χ0) is 20.8. The molecule has 2 aliphatic rings. The van der Waals surface area contributed by atoms with Crippen molar-refractivity contribution in [2.45, 2.75) is 25.3 Å². The van der Waals surface area contributed by atoms with Gasteiger partial charge >= 0.3 is 0 Å². The number of carbonyl (C=O) groups excluding carboxylic acids is 1. The summed E-state index contributed by atoms with van der Waals surface area (Å²) in [6, 6.07) is 13.0. The molecule has 150 valence electrons. The van der Waals surface area contributed by atoms with E-state index >= 15 is 0 Å². The van der Waals surface area contributed by atoms with Crippen LogP contribution in [0, 0.1) is 10.1 Å². The number of nitro groups is 1. The topological polar surface area (TPSA) is 103 Å². The summed E-state index contributed by atoms with van der Waals surface area (Å²) in [6.07, 6.45) is 1.89. The van der Waals surface area contributed by atoms with E-state index in [1.807, 2.05) is 18.2 Å². The van der Waals surface area contributed by atoms with Gasteiger partial charge in [-0.25, -0.2) is 4.68 Å². The van der Waals surface area contributed by atoms with E-state index in [-0.39, 0.29) is 11.5 Å². The highest BCUT2D eigenvalue weighted by Crippen LogP contribution is 2.41. The first-order valence-corrected chi connectivity index (χ1v) is 9.90. The van der Waals surface area contributed by atoms with E-state index in [1.165, 1.54) is 12.1 Å². The summed E-state index contributed by atoms with van der Waals surface area (Å²) in [4.78, 5) is 28.3. The monoisotopic (exact) mass is 421 g/mol. The van der Waals surface area contributed by atoms with Crippen molar-refractivity contribution in [3.05, 3.63) is 80.5 Å². The number of hydrogen-bond donors (Lipinski definition) is 1. The number of allylic oxidation sites excluding steroid dienone is 2. The van der Waals surface area contributed by atoms with Crippen LogP contribution in [0.5, 0.6) is 0 Å². The summed E-state index contributed by atoms with van der Waals surface area (Å²) in [5.41, 5.74) is 2.64. The Bertz CT molecular complexity index is 1230. The number of benzene rings is 2. The van der Waals surface area contributed by atoms with Gasteiger partial charge in [0.05, 0.1) is 9.95 Å². The molecule has 0 fully saturated rings. The molecule has 1 N–H and O–H groups in total. The molecular formula is C21H16ClN5O3. The third-order valence-corrected chi connectivity index (χ3v) is 5.71. The minimum absolute atomic E-state index is 0.0145. The molecule has 0 saturated heterocycles. The molecule has 1 atom stereocenters. The van der Waals surface area contributed by atoms with E-state index in [0.717, 1.165) is 12.1 Å². The number of halogens is 1. The number of nitro benzene ring substituents is 1. The van der Waals surface area contributed by atoms with Gasteiger partial charge in [-0.2, -0.15) is 4.98 Å². The third kappa shape index (κ3) is 2.96. The molecule has 5 rings (SSSR count). The van der Waals surface area contributed by atoms with Gasteiger partial charge in [0, 0.05) is 35.4 Å². The van der Waals surface area contributed by atoms with Crippen molar-refractivity contribution in [3.8, 4) is 11.4 Å². The molecule has 30 heavy (non-hydrogen) atoms. The maximum atomic E-state index is 12.9. The van der Waals surface area contributed by atoms with Crippen molar-refractivity contribution in [2.75, 3.05) is 5.32 Å². The van der Waals surface area contributed by atoms with Gasteiger partial charge in [0.25, 0.3) is 5.69 Å². The first-order chi connectivity index (χ1) is 14.5. The third-order valence-electron chi connectivity index (χ3n) is 5.38. The van der Waals surface area contributed by atoms with Crippen LogP contribution in [0.15, 0.2) is 59.8 Å². The lowest BCUT2D eigenvalue weighted by Crippen LogP contribution is -2.31. The second kappa shape index (κ2) is 7.07. The van der Waals surface area contributed by atoms with Crippen LogP contribution in [0.1, 0.15) is 30.9 Å². The smallest absolute Gasteiger partial charge is 0.269 e. The Morgan fingerprint density at radius 2 is 2.00 bits per heavy atom. The highest BCUT2D eigenvalue weighted by molar-refractivity contribution is 6.33. The summed E-state index contributed by atoms with van der Waals surface area (Å²) in [5.74, 6) is 0.918. The molecule has 0 spiro atoms. The van der Waals surface area contributed by atoms with Gasteiger partial charge in [-0.05, 0) is 30.5 Å². The summed E-state index contributed by atoms with van der Waals surface area (Å²) < 4.78 is 1.62. The Morgan fingerprint density at radius 1 is 1.17 bits per heavy atom. The van der Waals surface area contributed by atoms with Gasteiger partial charge < -0.3 is 5.32 Å². The Morgan fingerprint density at radius 3 is 2.80 bits per heavy atom. The molecule has 0 radical (unpaired) electrons. The van der Waals surface area contributed by atoms with Gasteiger partial charge in [-0.3, -0.25) is 14.9 Å². The maximum Gasteiger partial charge on any atom is 0.269 e. The second-order valence-electron chi connectivity index (χ2n) is 7.23. The largest absolute Gasteiger partial charge is 0.328 e. The average Bonchev–Trinajstić information content (AvgIpc) is 3.16. The van der Waals surface area contributed by atoms with Crippen LogP contribution >= 0.6 is 11.6 Å². The van der Waals surface area contributed by atoms with Crippen LogP contribution in [0.3, 0.4) is 0 Å². The molecule has 8 nitrogen and oxygen atoms in total. The van der Waals surface area contributed by atoms with Crippen molar-refractivity contribution >= 4 is 29.0 Å². The molecular weight excluding hydrogens is 406 g/mol. The zero-order valence-corrected chi connectivity index (χ0v) is 16.5. The van der Waals surface area contributed by atoms with Crippen LogP contribution in [0.2, 0.25) is 5.02 Å². The molecule has 0 amide bonds. The number of nitrogens with one attached hydrogen (secondary N) is 1. The molecule has 9 heteroatoms. The van der Waals surface area contributed by atoms with Gasteiger partial charge in [0.15, 0.2) is 11.6 Å². The zero-order valence-electron chi connectivity index (χ0n) is 15.7. The Hall–Kier alpha value is -3.52. The van der Waals surface area contributed by atoms with Crippen LogP contribution in [-0.4, -0.2) is 25.5 Å². The quantitative estimate of drug-likeness (QED) is 0.492. The van der Waals surface area contributed by atoms with Crippen molar-refractivity contribution in [3.63, 3.8) is 0 Å². The van der Waals surface area contributed by atoms with Crippen LogP contribution in [0.25, 0.3) is 11.4 Å². The number of Topliss-reactive ketones (excluding diaryl/α,β-unsaturated/α-hetero) is 1. The molecule has 1 aromatic heterocycles. The van der Waals surface area contributed by atoms with E-state index in [4.69, 9.17) is 11.6 Å². The predicted octanol–water partition coefficient (Wildman–Crippen LogP) is 4.53. The predicted molar refractivity (Wildman–Crippen MR) is 111 cm³/mol. The number of fused-ring (bicyclic) bond motifs is 1. The molecule has 1 aliphatic carbocycles. The summed E-state index contributed by atoms with van der Waals surface area (Å²) in [5, 5.41) is 19.7. The van der Waals surface area contributed by atoms with Crippen molar-refractivity contribution in [1.82, 2.24) is 14.8 Å². The van der Waals surface area contributed by atoms with E-state index < -0.39 is 11.0 Å². The first kappa shape index (κ1) is 18.5. The lowest BCUT2D eigenvalue weighted by molar-refractivity contribution is -0.384. The van der Waals surface area contributed by atoms with E-state index in [9.17, 15) is 14.9 Å². The van der Waals surface area contributed by atoms with E-state index in [2.05, 4.69) is 15.4 Å².